The van der Waals surface area contributed by atoms with Gasteiger partial charge in [-0.05, 0) is 30.9 Å². The number of ether oxygens (including phenoxy) is 1. The summed E-state index contributed by atoms with van der Waals surface area (Å²) in [6.07, 6.45) is 2.47. The number of methoxy groups -OCH3 is 1. The number of benzene rings is 1. The molecule has 82 valence electrons. The predicted molar refractivity (Wildman–Crippen MR) is 54.5 cm³/mol. The summed E-state index contributed by atoms with van der Waals surface area (Å²) in [6, 6.07) is 2.58. The molecule has 0 atom stereocenters. The van der Waals surface area contributed by atoms with Crippen LogP contribution in [0, 0.1) is 5.82 Å². The number of hydrogen-bond donors (Lipinski definition) is 2. The molecule has 0 spiro atoms. The topological polar surface area (TPSA) is 55.5 Å². The highest BCUT2D eigenvalue weighted by Gasteiger charge is 2.38. The first-order valence-corrected chi connectivity index (χ1v) is 4.88. The molecule has 2 rings (SSSR count). The summed E-state index contributed by atoms with van der Waals surface area (Å²) in [5.74, 6) is -0.460. The van der Waals surface area contributed by atoms with Crippen molar-refractivity contribution in [2.45, 2.75) is 24.8 Å². The van der Waals surface area contributed by atoms with Crippen molar-refractivity contribution in [1.82, 2.24) is 0 Å². The summed E-state index contributed by atoms with van der Waals surface area (Å²) in [7, 11) is 1.40. The molecule has 15 heavy (non-hydrogen) atoms. The number of rotatable bonds is 3. The third-order valence-corrected chi connectivity index (χ3v) is 2.79. The Morgan fingerprint density at radius 2 is 2.20 bits per heavy atom. The molecule has 0 unspecified atom stereocenters. The van der Waals surface area contributed by atoms with Crippen LogP contribution in [0.15, 0.2) is 12.1 Å². The smallest absolute Gasteiger partial charge is 0.168 e. The number of nitrogens with two attached hydrogens (primary N) is 1. The predicted octanol–water partition coefficient (Wildman–Crippen LogP) is 1.57. The van der Waals surface area contributed by atoms with Crippen molar-refractivity contribution in [3.63, 3.8) is 0 Å². The maximum Gasteiger partial charge on any atom is 0.168 e. The second-order valence-corrected chi connectivity index (χ2v) is 4.15. The molecule has 1 aromatic rings. The summed E-state index contributed by atoms with van der Waals surface area (Å²) in [6.45, 7) is 0. The van der Waals surface area contributed by atoms with Gasteiger partial charge >= 0.3 is 0 Å². The zero-order chi connectivity index (χ0) is 11.1. The van der Waals surface area contributed by atoms with Gasteiger partial charge in [0.15, 0.2) is 11.6 Å². The lowest BCUT2D eigenvalue weighted by Crippen LogP contribution is -2.24. The second-order valence-electron chi connectivity index (χ2n) is 4.15. The van der Waals surface area contributed by atoms with Crippen molar-refractivity contribution < 1.29 is 14.2 Å². The molecular weight excluding hydrogens is 197 g/mol. The van der Waals surface area contributed by atoms with E-state index >= 15 is 0 Å². The van der Waals surface area contributed by atoms with Crippen LogP contribution >= 0.6 is 0 Å². The molecule has 1 saturated carbocycles. The molecule has 0 saturated heterocycles. The Bertz CT molecular complexity index is 388. The van der Waals surface area contributed by atoms with Gasteiger partial charge in [0.2, 0.25) is 0 Å². The SMILES string of the molecule is COc1cc(CC2(N)CC2)c(O)cc1F. The summed E-state index contributed by atoms with van der Waals surface area (Å²) < 4.78 is 18.0. The third kappa shape index (κ3) is 2.04. The zero-order valence-electron chi connectivity index (χ0n) is 8.59. The third-order valence-electron chi connectivity index (χ3n) is 2.79. The number of halogens is 1. The van der Waals surface area contributed by atoms with E-state index in [2.05, 4.69) is 0 Å². The highest BCUT2D eigenvalue weighted by Crippen LogP contribution is 2.39. The molecule has 1 aromatic carbocycles. The van der Waals surface area contributed by atoms with Crippen molar-refractivity contribution in [1.29, 1.82) is 0 Å². The average molecular weight is 211 g/mol. The highest BCUT2D eigenvalue weighted by molar-refractivity contribution is 5.42. The fourth-order valence-corrected chi connectivity index (χ4v) is 1.60. The molecule has 0 radical (unpaired) electrons. The minimum absolute atomic E-state index is 0.0509. The van der Waals surface area contributed by atoms with Crippen molar-refractivity contribution in [3.05, 3.63) is 23.5 Å². The molecule has 3 nitrogen and oxygen atoms in total. The molecule has 1 aliphatic carbocycles. The Hall–Kier alpha value is -1.29. The monoisotopic (exact) mass is 211 g/mol. The standard InChI is InChI=1S/C11H14FNO2/c1-15-10-4-7(6-11(13)2-3-11)9(14)5-8(10)12/h4-5,14H,2-3,6,13H2,1H3. The van der Waals surface area contributed by atoms with Gasteiger partial charge in [-0.15, -0.1) is 0 Å². The van der Waals surface area contributed by atoms with E-state index in [1.807, 2.05) is 0 Å². The van der Waals surface area contributed by atoms with E-state index in [9.17, 15) is 9.50 Å². The molecule has 0 bridgehead atoms. The lowest BCUT2D eigenvalue weighted by Gasteiger charge is -2.12. The van der Waals surface area contributed by atoms with Gasteiger partial charge in [0.05, 0.1) is 7.11 Å². The van der Waals surface area contributed by atoms with Crippen LogP contribution in [-0.4, -0.2) is 17.8 Å². The summed E-state index contributed by atoms with van der Waals surface area (Å²) in [5.41, 5.74) is 6.37. The van der Waals surface area contributed by atoms with E-state index in [1.165, 1.54) is 13.2 Å². The summed E-state index contributed by atoms with van der Waals surface area (Å²) >= 11 is 0. The van der Waals surface area contributed by atoms with Gasteiger partial charge in [-0.1, -0.05) is 0 Å². The quantitative estimate of drug-likeness (QED) is 0.798. The molecular formula is C11H14FNO2. The van der Waals surface area contributed by atoms with Crippen LogP contribution in [0.5, 0.6) is 11.5 Å². The minimum Gasteiger partial charge on any atom is -0.508 e. The Morgan fingerprint density at radius 1 is 1.53 bits per heavy atom. The molecule has 1 aliphatic rings. The van der Waals surface area contributed by atoms with Crippen molar-refractivity contribution in [2.75, 3.05) is 7.11 Å². The van der Waals surface area contributed by atoms with E-state index in [4.69, 9.17) is 10.5 Å². The van der Waals surface area contributed by atoms with E-state index in [0.29, 0.717) is 12.0 Å². The fraction of sp³-hybridized carbons (Fsp3) is 0.455. The Morgan fingerprint density at radius 3 is 2.73 bits per heavy atom. The van der Waals surface area contributed by atoms with Crippen LogP contribution in [0.1, 0.15) is 18.4 Å². The molecule has 0 aromatic heterocycles. The first-order chi connectivity index (χ1) is 7.04. The fourth-order valence-electron chi connectivity index (χ4n) is 1.60. The molecule has 3 N–H and O–H groups in total. The van der Waals surface area contributed by atoms with E-state index < -0.39 is 5.82 Å². The normalized spacial score (nSPS) is 17.5. The summed E-state index contributed by atoms with van der Waals surface area (Å²) in [4.78, 5) is 0. The highest BCUT2D eigenvalue weighted by atomic mass is 19.1. The second kappa shape index (κ2) is 3.38. The number of aromatic hydroxyl groups is 1. The lowest BCUT2D eigenvalue weighted by molar-refractivity contribution is 0.380. The summed E-state index contributed by atoms with van der Waals surface area (Å²) in [5, 5.41) is 9.55. The van der Waals surface area contributed by atoms with Crippen LogP contribution in [-0.2, 0) is 6.42 Å². The Labute approximate surface area is 87.7 Å². The van der Waals surface area contributed by atoms with Gasteiger partial charge in [-0.2, -0.15) is 0 Å². The van der Waals surface area contributed by atoms with Crippen molar-refractivity contribution >= 4 is 0 Å². The first kappa shape index (κ1) is 10.2. The molecule has 0 amide bonds. The lowest BCUT2D eigenvalue weighted by atomic mass is 10.0. The van der Waals surface area contributed by atoms with Crippen LogP contribution < -0.4 is 10.5 Å². The van der Waals surface area contributed by atoms with Gasteiger partial charge in [-0.3, -0.25) is 0 Å². The van der Waals surface area contributed by atoms with Gasteiger partial charge in [0, 0.05) is 11.6 Å². The van der Waals surface area contributed by atoms with Crippen molar-refractivity contribution in [3.8, 4) is 11.5 Å². The largest absolute Gasteiger partial charge is 0.508 e. The molecule has 4 heteroatoms. The van der Waals surface area contributed by atoms with Crippen LogP contribution in [0.3, 0.4) is 0 Å². The molecule has 0 heterocycles. The maximum absolute atomic E-state index is 13.2. The molecule has 1 fully saturated rings. The number of hydrogen-bond acceptors (Lipinski definition) is 3. The number of phenols is 1. The van der Waals surface area contributed by atoms with Gasteiger partial charge in [-0.25, -0.2) is 4.39 Å². The van der Waals surface area contributed by atoms with Gasteiger partial charge in [0.25, 0.3) is 0 Å². The van der Waals surface area contributed by atoms with E-state index in [-0.39, 0.29) is 17.0 Å². The minimum atomic E-state index is -0.555. The number of phenolic OH excluding ortho intramolecular Hbond substituents is 1. The van der Waals surface area contributed by atoms with Crippen LogP contribution in [0.4, 0.5) is 4.39 Å². The average Bonchev–Trinajstić information content (AvgIpc) is 2.89. The van der Waals surface area contributed by atoms with Gasteiger partial charge < -0.3 is 15.6 Å². The zero-order valence-corrected chi connectivity index (χ0v) is 8.59. The van der Waals surface area contributed by atoms with Crippen LogP contribution in [0.2, 0.25) is 0 Å². The van der Waals surface area contributed by atoms with Gasteiger partial charge in [0.1, 0.15) is 5.75 Å². The Balaban J connectivity index is 2.29. The first-order valence-electron chi connectivity index (χ1n) is 4.88. The Kier molecular flexibility index (Phi) is 2.31. The maximum atomic E-state index is 13.2. The molecule has 0 aliphatic heterocycles. The van der Waals surface area contributed by atoms with E-state index in [1.54, 1.807) is 0 Å². The van der Waals surface area contributed by atoms with Crippen molar-refractivity contribution in [2.24, 2.45) is 5.73 Å². The van der Waals surface area contributed by atoms with E-state index in [0.717, 1.165) is 18.9 Å². The van der Waals surface area contributed by atoms with Crippen LogP contribution in [0.25, 0.3) is 0 Å².